The monoisotopic (exact) mass is 650 g/mol. The van der Waals surface area contributed by atoms with Gasteiger partial charge >= 0.3 is 11.6 Å². The summed E-state index contributed by atoms with van der Waals surface area (Å²) in [5.74, 6) is -0.219. The minimum Gasteiger partial charge on any atom is -0.495 e. The Bertz CT molecular complexity index is 2080. The highest BCUT2D eigenvalue weighted by Crippen LogP contribution is 2.53. The molecule has 1 saturated heterocycles. The van der Waals surface area contributed by atoms with Gasteiger partial charge < -0.3 is 56.6 Å². The summed E-state index contributed by atoms with van der Waals surface area (Å²) in [6.45, 7) is 6.27. The average Bonchev–Trinajstić information content (AvgIpc) is 3.75. The second kappa shape index (κ2) is 10.9. The summed E-state index contributed by atoms with van der Waals surface area (Å²) in [4.78, 5) is 12.2. The van der Waals surface area contributed by atoms with E-state index >= 15 is 0 Å². The summed E-state index contributed by atoms with van der Waals surface area (Å²) in [6.07, 6.45) is 4.39. The van der Waals surface area contributed by atoms with E-state index in [1.807, 2.05) is 13.8 Å². The minimum atomic E-state index is -1.72. The van der Waals surface area contributed by atoms with Gasteiger partial charge in [-0.05, 0) is 52.0 Å². The molecule has 0 bridgehead atoms. The van der Waals surface area contributed by atoms with Crippen LogP contribution in [0, 0.1) is 0 Å². The van der Waals surface area contributed by atoms with Crippen molar-refractivity contribution >= 4 is 39.0 Å². The van der Waals surface area contributed by atoms with Gasteiger partial charge in [-0.3, -0.25) is 0 Å². The first kappa shape index (κ1) is 30.9. The summed E-state index contributed by atoms with van der Waals surface area (Å²) >= 11 is 0. The van der Waals surface area contributed by atoms with Gasteiger partial charge in [0, 0.05) is 12.1 Å². The van der Waals surface area contributed by atoms with Crippen LogP contribution in [0.15, 0.2) is 60.9 Å². The van der Waals surface area contributed by atoms with Crippen LogP contribution < -0.4 is 29.3 Å². The van der Waals surface area contributed by atoms with Crippen LogP contribution in [-0.4, -0.2) is 67.0 Å². The zero-order chi connectivity index (χ0) is 33.3. The molecule has 0 unspecified atom stereocenters. The molecule has 0 saturated carbocycles. The Balaban J connectivity index is 1.22. The third-order valence-electron chi connectivity index (χ3n) is 8.39. The normalized spacial score (nSPS) is 20.9. The van der Waals surface area contributed by atoms with Crippen molar-refractivity contribution in [2.45, 2.75) is 57.1 Å². The van der Waals surface area contributed by atoms with Gasteiger partial charge in [0.15, 0.2) is 22.5 Å². The van der Waals surface area contributed by atoms with Gasteiger partial charge in [-0.2, -0.15) is 0 Å². The number of hydrogen-bond acceptors (Lipinski definition) is 13. The molecular weight excluding hydrogens is 616 g/mol. The molecule has 0 radical (unpaired) electrons. The fourth-order valence-electron chi connectivity index (χ4n) is 5.80. The molecule has 47 heavy (non-hydrogen) atoms. The summed E-state index contributed by atoms with van der Waals surface area (Å²) in [6, 6.07) is 6.38. The van der Waals surface area contributed by atoms with Crippen LogP contribution in [0.1, 0.15) is 33.3 Å². The van der Waals surface area contributed by atoms with Crippen LogP contribution in [0.2, 0.25) is 0 Å². The number of furan rings is 2. The molecule has 3 atom stereocenters. The van der Waals surface area contributed by atoms with Crippen molar-refractivity contribution in [1.29, 1.82) is 0 Å². The maximum atomic E-state index is 12.2. The van der Waals surface area contributed by atoms with Crippen molar-refractivity contribution in [3.63, 3.8) is 0 Å². The van der Waals surface area contributed by atoms with E-state index in [0.717, 1.165) is 0 Å². The first-order valence-electron chi connectivity index (χ1n) is 14.9. The third kappa shape index (κ3) is 5.06. The van der Waals surface area contributed by atoms with E-state index < -0.39 is 35.0 Å². The molecule has 2 aromatic carbocycles. The molecule has 2 N–H and O–H groups in total. The average molecular weight is 651 g/mol. The molecule has 1 spiro atoms. The number of benzene rings is 2. The first-order valence-corrected chi connectivity index (χ1v) is 14.9. The largest absolute Gasteiger partial charge is 0.495 e. The Morgan fingerprint density at radius 2 is 1.55 bits per heavy atom. The fourth-order valence-corrected chi connectivity index (χ4v) is 5.80. The predicted octanol–water partition coefficient (Wildman–Crippen LogP) is 5.15. The Hall–Kier alpha value is -4.69. The number of hydrogen-bond donors (Lipinski definition) is 2. The van der Waals surface area contributed by atoms with Crippen LogP contribution in [0.5, 0.6) is 28.7 Å². The van der Waals surface area contributed by atoms with Gasteiger partial charge in [0.05, 0.1) is 59.7 Å². The lowest BCUT2D eigenvalue weighted by Crippen LogP contribution is -2.41. The number of rotatable bonds is 9. The molecule has 5 heterocycles. The van der Waals surface area contributed by atoms with Gasteiger partial charge in [0.25, 0.3) is 0 Å². The van der Waals surface area contributed by atoms with Gasteiger partial charge in [-0.25, -0.2) is 4.79 Å². The van der Waals surface area contributed by atoms with E-state index in [4.69, 9.17) is 46.4 Å². The SMILES string of the molecule is COc1c2c(c(OC[C@@H](O)C(C)(C)O)c3occc13)O[C@@]1(C=C2)O[C@H](COc2c3occc3c(OC)c3ccc(=O)oc23)C(C)(C)O1. The zero-order valence-electron chi connectivity index (χ0n) is 26.6. The summed E-state index contributed by atoms with van der Waals surface area (Å²) in [5, 5.41) is 22.6. The Morgan fingerprint density at radius 3 is 2.23 bits per heavy atom. The van der Waals surface area contributed by atoms with Crippen LogP contribution in [0.4, 0.5) is 0 Å². The van der Waals surface area contributed by atoms with Gasteiger partial charge in [-0.1, -0.05) is 0 Å². The maximum absolute atomic E-state index is 12.2. The molecule has 2 aliphatic rings. The van der Waals surface area contributed by atoms with Crippen molar-refractivity contribution in [3.8, 4) is 28.7 Å². The fraction of sp³-hybridized carbons (Fsp3) is 0.382. The molecule has 2 aliphatic heterocycles. The second-order valence-electron chi connectivity index (χ2n) is 12.4. The number of ether oxygens (including phenoxy) is 7. The van der Waals surface area contributed by atoms with Crippen molar-refractivity contribution in [3.05, 3.63) is 58.9 Å². The topological polar surface area (TPSA) is 162 Å². The van der Waals surface area contributed by atoms with E-state index in [1.165, 1.54) is 46.7 Å². The maximum Gasteiger partial charge on any atom is 0.350 e. The lowest BCUT2D eigenvalue weighted by atomic mass is 10.0. The predicted molar refractivity (Wildman–Crippen MR) is 167 cm³/mol. The number of methoxy groups -OCH3 is 2. The standard InChI is InChI=1S/C34H34O13/c1-32(2,37)21(35)15-42-31-27-20(11-14-41-27)25(39-6)18-9-12-34(46-29(18)31)45-22(33(3,4)47-34)16-43-30-26-19(10-13-40-26)24(38-5)17-7-8-23(36)44-28(17)30/h7-14,21-22,35,37H,15-16H2,1-6H3/t21-,22-,34-/m1/s1. The Morgan fingerprint density at radius 1 is 0.894 bits per heavy atom. The van der Waals surface area contributed by atoms with Crippen LogP contribution in [0.25, 0.3) is 39.0 Å². The molecule has 13 heteroatoms. The minimum absolute atomic E-state index is 0.0592. The molecule has 7 rings (SSSR count). The third-order valence-corrected chi connectivity index (χ3v) is 8.39. The molecule has 0 amide bonds. The molecule has 13 nitrogen and oxygen atoms in total. The summed E-state index contributed by atoms with van der Waals surface area (Å²) < 4.78 is 60.0. The highest BCUT2D eigenvalue weighted by Gasteiger charge is 2.55. The van der Waals surface area contributed by atoms with Crippen LogP contribution in [-0.2, 0) is 9.47 Å². The molecule has 0 aliphatic carbocycles. The molecular formula is C34H34O13. The van der Waals surface area contributed by atoms with E-state index in [0.29, 0.717) is 44.4 Å². The van der Waals surface area contributed by atoms with E-state index in [1.54, 1.807) is 30.4 Å². The van der Waals surface area contributed by atoms with E-state index in [-0.39, 0.29) is 36.0 Å². The van der Waals surface area contributed by atoms with E-state index in [9.17, 15) is 15.0 Å². The van der Waals surface area contributed by atoms with Gasteiger partial charge in [0.2, 0.25) is 11.5 Å². The van der Waals surface area contributed by atoms with Gasteiger partial charge in [0.1, 0.15) is 36.9 Å². The van der Waals surface area contributed by atoms with Crippen molar-refractivity contribution in [1.82, 2.24) is 0 Å². The Kier molecular flexibility index (Phi) is 7.20. The number of aliphatic hydroxyl groups is 2. The second-order valence-corrected chi connectivity index (χ2v) is 12.4. The van der Waals surface area contributed by atoms with Crippen molar-refractivity contribution in [2.24, 2.45) is 0 Å². The quantitative estimate of drug-likeness (QED) is 0.202. The molecule has 5 aromatic rings. The Labute approximate surface area is 267 Å². The lowest BCUT2D eigenvalue weighted by Gasteiger charge is -2.32. The number of fused-ring (bicyclic) bond motifs is 4. The van der Waals surface area contributed by atoms with Crippen molar-refractivity contribution in [2.75, 3.05) is 27.4 Å². The molecule has 248 valence electrons. The zero-order valence-corrected chi connectivity index (χ0v) is 26.6. The lowest BCUT2D eigenvalue weighted by molar-refractivity contribution is -0.271. The van der Waals surface area contributed by atoms with Crippen LogP contribution in [0.3, 0.4) is 0 Å². The van der Waals surface area contributed by atoms with Crippen molar-refractivity contribution < 1.29 is 56.6 Å². The highest BCUT2D eigenvalue weighted by molar-refractivity contribution is 6.06. The van der Waals surface area contributed by atoms with E-state index in [2.05, 4.69) is 0 Å². The molecule has 1 fully saturated rings. The highest BCUT2D eigenvalue weighted by atomic mass is 16.9. The van der Waals surface area contributed by atoms with Crippen LogP contribution >= 0.6 is 0 Å². The first-order chi connectivity index (χ1) is 22.4. The summed E-state index contributed by atoms with van der Waals surface area (Å²) in [7, 11) is 3.05. The number of aliphatic hydroxyl groups excluding tert-OH is 1. The smallest absolute Gasteiger partial charge is 0.350 e. The van der Waals surface area contributed by atoms with Gasteiger partial charge in [-0.15, -0.1) is 0 Å². The summed E-state index contributed by atoms with van der Waals surface area (Å²) in [5.41, 5.74) is -1.62. The molecule has 3 aromatic heterocycles.